The third-order valence-electron chi connectivity index (χ3n) is 5.01. The van der Waals surface area contributed by atoms with Gasteiger partial charge < -0.3 is 5.32 Å². The number of sulfonamides is 1. The van der Waals surface area contributed by atoms with Gasteiger partial charge in [-0.05, 0) is 63.0 Å². The van der Waals surface area contributed by atoms with Crippen LogP contribution in [0.25, 0.3) is 0 Å². The molecule has 1 aromatic rings. The molecule has 0 bridgehead atoms. The third-order valence-corrected chi connectivity index (χ3v) is 6.50. The minimum Gasteiger partial charge on any atom is -0.352 e. The van der Waals surface area contributed by atoms with Gasteiger partial charge in [-0.1, -0.05) is 38.5 Å². The Bertz CT molecular complexity index is 690. The number of rotatable bonds is 7. The lowest BCUT2D eigenvalue weighted by Gasteiger charge is -2.29. The molecule has 0 saturated heterocycles. The van der Waals surface area contributed by atoms with Crippen molar-refractivity contribution in [1.29, 1.82) is 0 Å². The Hall–Kier alpha value is -1.40. The molecule has 1 amide bonds. The maximum Gasteiger partial charge on any atom is 0.241 e. The molecule has 0 spiro atoms. The average molecular weight is 381 g/mol. The van der Waals surface area contributed by atoms with Crippen LogP contribution in [0.2, 0.25) is 0 Å². The molecule has 1 fully saturated rings. The number of carbonyl (C=O) groups excluding carboxylic acids is 1. The highest BCUT2D eigenvalue weighted by molar-refractivity contribution is 7.89. The van der Waals surface area contributed by atoms with Crippen molar-refractivity contribution in [2.75, 3.05) is 0 Å². The summed E-state index contributed by atoms with van der Waals surface area (Å²) in [5.74, 6) is 0.696. The van der Waals surface area contributed by atoms with Gasteiger partial charge in [0.1, 0.15) is 6.04 Å². The molecule has 0 aliphatic heterocycles. The molecule has 26 heavy (non-hydrogen) atoms. The number of carbonyl (C=O) groups is 1. The fourth-order valence-electron chi connectivity index (χ4n) is 3.36. The van der Waals surface area contributed by atoms with E-state index in [2.05, 4.69) is 17.0 Å². The summed E-state index contributed by atoms with van der Waals surface area (Å²) in [7, 11) is -3.73. The van der Waals surface area contributed by atoms with E-state index in [0.717, 1.165) is 31.2 Å². The molecule has 2 rings (SSSR count). The molecule has 1 unspecified atom stereocenters. The Labute approximate surface area is 158 Å². The van der Waals surface area contributed by atoms with Crippen LogP contribution in [-0.2, 0) is 14.8 Å². The molecule has 6 heteroatoms. The SMILES string of the molecule is Cc1ccc(S(=O)(=O)NC(CC(C)C)C(=O)NC2CCC(C)CC2)cc1. The first kappa shape index (κ1) is 20.9. The van der Waals surface area contributed by atoms with Crippen molar-refractivity contribution in [3.8, 4) is 0 Å². The van der Waals surface area contributed by atoms with Crippen LogP contribution in [-0.4, -0.2) is 26.4 Å². The highest BCUT2D eigenvalue weighted by atomic mass is 32.2. The zero-order valence-corrected chi connectivity index (χ0v) is 17.1. The molecule has 5 nitrogen and oxygen atoms in total. The van der Waals surface area contributed by atoms with Crippen molar-refractivity contribution < 1.29 is 13.2 Å². The van der Waals surface area contributed by atoms with Crippen LogP contribution in [0.3, 0.4) is 0 Å². The molecule has 0 aromatic heterocycles. The number of benzene rings is 1. The van der Waals surface area contributed by atoms with E-state index in [1.165, 1.54) is 0 Å². The summed E-state index contributed by atoms with van der Waals surface area (Å²) in [6.07, 6.45) is 4.61. The summed E-state index contributed by atoms with van der Waals surface area (Å²) in [5.41, 5.74) is 0.993. The van der Waals surface area contributed by atoms with Crippen LogP contribution in [0.5, 0.6) is 0 Å². The van der Waals surface area contributed by atoms with Crippen molar-refractivity contribution in [1.82, 2.24) is 10.0 Å². The maximum atomic E-state index is 12.8. The molecule has 1 aliphatic rings. The lowest BCUT2D eigenvalue weighted by Crippen LogP contribution is -2.50. The summed E-state index contributed by atoms with van der Waals surface area (Å²) >= 11 is 0. The largest absolute Gasteiger partial charge is 0.352 e. The van der Waals surface area contributed by atoms with Gasteiger partial charge in [0.25, 0.3) is 0 Å². The minimum atomic E-state index is -3.73. The first-order valence-electron chi connectivity index (χ1n) is 9.56. The Morgan fingerprint density at radius 1 is 1.12 bits per heavy atom. The summed E-state index contributed by atoms with van der Waals surface area (Å²) < 4.78 is 28.0. The van der Waals surface area contributed by atoms with E-state index in [1.807, 2.05) is 20.8 Å². The smallest absolute Gasteiger partial charge is 0.241 e. The zero-order chi connectivity index (χ0) is 19.3. The number of hydrogen-bond acceptors (Lipinski definition) is 3. The second-order valence-corrected chi connectivity index (χ2v) is 9.80. The zero-order valence-electron chi connectivity index (χ0n) is 16.3. The Kier molecular flexibility index (Phi) is 7.24. The lowest BCUT2D eigenvalue weighted by atomic mass is 9.87. The summed E-state index contributed by atoms with van der Waals surface area (Å²) in [5, 5.41) is 3.06. The Morgan fingerprint density at radius 2 is 1.69 bits per heavy atom. The van der Waals surface area contributed by atoms with Gasteiger partial charge >= 0.3 is 0 Å². The predicted molar refractivity (Wildman–Crippen MR) is 104 cm³/mol. The second-order valence-electron chi connectivity index (χ2n) is 8.08. The molecule has 146 valence electrons. The van der Waals surface area contributed by atoms with Crippen LogP contribution in [0, 0.1) is 18.8 Å². The van der Waals surface area contributed by atoms with Gasteiger partial charge in [-0.15, -0.1) is 0 Å². The lowest BCUT2D eigenvalue weighted by molar-refractivity contribution is -0.124. The molecule has 1 aliphatic carbocycles. The van der Waals surface area contributed by atoms with Crippen LogP contribution in [0.1, 0.15) is 58.4 Å². The van der Waals surface area contributed by atoms with Crippen LogP contribution < -0.4 is 10.0 Å². The van der Waals surface area contributed by atoms with E-state index in [1.54, 1.807) is 24.3 Å². The predicted octanol–water partition coefficient (Wildman–Crippen LogP) is 3.38. The molecule has 1 aromatic carbocycles. The summed E-state index contributed by atoms with van der Waals surface area (Å²) in [6, 6.07) is 6.07. The van der Waals surface area contributed by atoms with Crippen LogP contribution >= 0.6 is 0 Å². The standard InChI is InChI=1S/C20H32N2O3S/c1-14(2)13-19(20(23)21-17-9-5-15(3)6-10-17)22-26(24,25)18-11-7-16(4)8-12-18/h7-8,11-12,14-15,17,19,22H,5-6,9-10,13H2,1-4H3,(H,21,23). The van der Waals surface area contributed by atoms with E-state index < -0.39 is 16.1 Å². The Morgan fingerprint density at radius 3 is 2.23 bits per heavy atom. The fourth-order valence-corrected chi connectivity index (χ4v) is 4.57. The fraction of sp³-hybridized carbons (Fsp3) is 0.650. The number of hydrogen-bond donors (Lipinski definition) is 2. The molecule has 0 heterocycles. The van der Waals surface area contributed by atoms with Gasteiger partial charge in [0.05, 0.1) is 4.90 Å². The topological polar surface area (TPSA) is 75.3 Å². The highest BCUT2D eigenvalue weighted by Crippen LogP contribution is 2.23. The molecular weight excluding hydrogens is 348 g/mol. The van der Waals surface area contributed by atoms with Crippen molar-refractivity contribution in [2.45, 2.75) is 76.8 Å². The molecule has 1 atom stereocenters. The summed E-state index contributed by atoms with van der Waals surface area (Å²) in [4.78, 5) is 12.9. The number of nitrogens with one attached hydrogen (secondary N) is 2. The minimum absolute atomic E-state index is 0.150. The highest BCUT2D eigenvalue weighted by Gasteiger charge is 2.29. The quantitative estimate of drug-likeness (QED) is 0.761. The monoisotopic (exact) mass is 380 g/mol. The molecular formula is C20H32N2O3S. The van der Waals surface area contributed by atoms with Gasteiger partial charge in [-0.3, -0.25) is 4.79 Å². The van der Waals surface area contributed by atoms with E-state index in [4.69, 9.17) is 0 Å². The third kappa shape index (κ3) is 6.09. The van der Waals surface area contributed by atoms with Crippen molar-refractivity contribution in [3.05, 3.63) is 29.8 Å². The van der Waals surface area contributed by atoms with Gasteiger partial charge in [0.2, 0.25) is 15.9 Å². The van der Waals surface area contributed by atoms with Gasteiger partial charge in [-0.25, -0.2) is 8.42 Å². The number of amides is 1. The van der Waals surface area contributed by atoms with E-state index in [0.29, 0.717) is 12.3 Å². The first-order valence-corrected chi connectivity index (χ1v) is 11.0. The second kappa shape index (κ2) is 9.00. The molecule has 1 saturated carbocycles. The first-order chi connectivity index (χ1) is 12.2. The molecule has 2 N–H and O–H groups in total. The van der Waals surface area contributed by atoms with Crippen molar-refractivity contribution >= 4 is 15.9 Å². The summed E-state index contributed by atoms with van der Waals surface area (Å²) in [6.45, 7) is 8.12. The van der Waals surface area contributed by atoms with Crippen LogP contribution in [0.15, 0.2) is 29.2 Å². The Balaban J connectivity index is 2.08. The van der Waals surface area contributed by atoms with Gasteiger partial charge in [0, 0.05) is 6.04 Å². The number of aryl methyl sites for hydroxylation is 1. The van der Waals surface area contributed by atoms with Gasteiger partial charge in [0.15, 0.2) is 0 Å². The maximum absolute atomic E-state index is 12.8. The van der Waals surface area contributed by atoms with Crippen molar-refractivity contribution in [3.63, 3.8) is 0 Å². The van der Waals surface area contributed by atoms with E-state index >= 15 is 0 Å². The molecule has 0 radical (unpaired) electrons. The van der Waals surface area contributed by atoms with Gasteiger partial charge in [-0.2, -0.15) is 4.72 Å². The van der Waals surface area contributed by atoms with E-state index in [-0.39, 0.29) is 22.8 Å². The van der Waals surface area contributed by atoms with E-state index in [9.17, 15) is 13.2 Å². The normalized spacial score (nSPS) is 22.2. The average Bonchev–Trinajstić information content (AvgIpc) is 2.56. The van der Waals surface area contributed by atoms with Crippen LogP contribution in [0.4, 0.5) is 0 Å². The van der Waals surface area contributed by atoms with Crippen molar-refractivity contribution in [2.24, 2.45) is 11.8 Å².